The highest BCUT2D eigenvalue weighted by Gasteiger charge is 2.33. The molecule has 1 heterocycles. The van der Waals surface area contributed by atoms with Crippen LogP contribution in [0.2, 0.25) is 0 Å². The van der Waals surface area contributed by atoms with Gasteiger partial charge in [-0.05, 0) is 31.0 Å². The fourth-order valence-electron chi connectivity index (χ4n) is 2.45. The Kier molecular flexibility index (Phi) is 4.53. The number of hydrogen-bond acceptors (Lipinski definition) is 4. The topological polar surface area (TPSA) is 56.5 Å². The standard InChI is InChI=1S/C16H22N2O3/c1-5-9-18-15(14(21-4)11-17-18)16(2,19)12-7-6-8-13(10-12)20-3/h6-8,10-11,19H,5,9H2,1-4H3. The van der Waals surface area contributed by atoms with Gasteiger partial charge in [0.2, 0.25) is 0 Å². The molecule has 21 heavy (non-hydrogen) atoms. The van der Waals surface area contributed by atoms with Crippen molar-refractivity contribution in [3.63, 3.8) is 0 Å². The van der Waals surface area contributed by atoms with Crippen LogP contribution < -0.4 is 9.47 Å². The Morgan fingerprint density at radius 3 is 2.67 bits per heavy atom. The fourth-order valence-corrected chi connectivity index (χ4v) is 2.45. The molecule has 114 valence electrons. The molecule has 0 saturated heterocycles. The van der Waals surface area contributed by atoms with Gasteiger partial charge in [-0.2, -0.15) is 5.10 Å². The Morgan fingerprint density at radius 2 is 2.05 bits per heavy atom. The van der Waals surface area contributed by atoms with Gasteiger partial charge in [0.05, 0.1) is 20.4 Å². The molecule has 2 rings (SSSR count). The minimum atomic E-state index is -1.22. The lowest BCUT2D eigenvalue weighted by atomic mass is 9.91. The van der Waals surface area contributed by atoms with Crippen molar-refractivity contribution in [3.05, 3.63) is 41.7 Å². The van der Waals surface area contributed by atoms with Gasteiger partial charge in [0.25, 0.3) is 0 Å². The van der Waals surface area contributed by atoms with E-state index < -0.39 is 5.60 Å². The zero-order valence-electron chi connectivity index (χ0n) is 13.0. The maximum Gasteiger partial charge on any atom is 0.163 e. The third-order valence-electron chi connectivity index (χ3n) is 3.55. The molecule has 0 saturated carbocycles. The first-order valence-corrected chi connectivity index (χ1v) is 7.01. The second-order valence-electron chi connectivity index (χ2n) is 5.09. The minimum Gasteiger partial charge on any atom is -0.497 e. The summed E-state index contributed by atoms with van der Waals surface area (Å²) in [5, 5.41) is 15.4. The lowest BCUT2D eigenvalue weighted by Gasteiger charge is -2.26. The van der Waals surface area contributed by atoms with E-state index in [1.165, 1.54) is 0 Å². The molecular weight excluding hydrogens is 268 g/mol. The molecule has 0 aliphatic rings. The first-order chi connectivity index (χ1) is 10.0. The third kappa shape index (κ3) is 2.88. The number of ether oxygens (including phenoxy) is 2. The Bertz CT molecular complexity index is 605. The van der Waals surface area contributed by atoms with Gasteiger partial charge in [0, 0.05) is 6.54 Å². The predicted octanol–water partition coefficient (Wildman–Crippen LogP) is 2.57. The van der Waals surface area contributed by atoms with Gasteiger partial charge in [-0.15, -0.1) is 0 Å². The normalized spacial score (nSPS) is 13.8. The van der Waals surface area contributed by atoms with Crippen LogP contribution in [0, 0.1) is 0 Å². The largest absolute Gasteiger partial charge is 0.497 e. The predicted molar refractivity (Wildman–Crippen MR) is 80.7 cm³/mol. The minimum absolute atomic E-state index is 0.580. The third-order valence-corrected chi connectivity index (χ3v) is 3.55. The molecule has 0 fully saturated rings. The van der Waals surface area contributed by atoms with E-state index in [9.17, 15) is 5.11 Å². The highest BCUT2D eigenvalue weighted by atomic mass is 16.5. The van der Waals surface area contributed by atoms with Crippen molar-refractivity contribution in [1.82, 2.24) is 9.78 Å². The molecule has 0 bridgehead atoms. The zero-order valence-corrected chi connectivity index (χ0v) is 13.0. The molecule has 0 spiro atoms. The molecule has 5 heteroatoms. The van der Waals surface area contributed by atoms with Crippen LogP contribution in [0.25, 0.3) is 0 Å². The van der Waals surface area contributed by atoms with Crippen LogP contribution in [-0.2, 0) is 12.1 Å². The summed E-state index contributed by atoms with van der Waals surface area (Å²) in [6.45, 7) is 4.53. The van der Waals surface area contributed by atoms with Crippen LogP contribution in [0.5, 0.6) is 11.5 Å². The average molecular weight is 290 g/mol. The van der Waals surface area contributed by atoms with Crippen LogP contribution in [0.1, 0.15) is 31.5 Å². The van der Waals surface area contributed by atoms with E-state index in [2.05, 4.69) is 12.0 Å². The van der Waals surface area contributed by atoms with Crippen molar-refractivity contribution < 1.29 is 14.6 Å². The van der Waals surface area contributed by atoms with E-state index in [-0.39, 0.29) is 0 Å². The monoisotopic (exact) mass is 290 g/mol. The van der Waals surface area contributed by atoms with Crippen LogP contribution in [0.3, 0.4) is 0 Å². The summed E-state index contributed by atoms with van der Waals surface area (Å²) in [6.07, 6.45) is 2.56. The number of aryl methyl sites for hydroxylation is 1. The Hall–Kier alpha value is -2.01. The summed E-state index contributed by atoms with van der Waals surface area (Å²) in [6, 6.07) is 7.39. The van der Waals surface area contributed by atoms with Crippen molar-refractivity contribution in [1.29, 1.82) is 0 Å². The quantitative estimate of drug-likeness (QED) is 0.888. The number of nitrogens with zero attached hydrogens (tertiary/aromatic N) is 2. The van der Waals surface area contributed by atoms with Crippen molar-refractivity contribution in [2.24, 2.45) is 0 Å². The first kappa shape index (κ1) is 15.4. The molecule has 1 atom stereocenters. The number of aliphatic hydroxyl groups is 1. The number of rotatable bonds is 6. The Labute approximate surface area is 125 Å². The van der Waals surface area contributed by atoms with E-state index in [0.717, 1.165) is 18.5 Å². The summed E-state index contributed by atoms with van der Waals surface area (Å²) in [5.41, 5.74) is 0.170. The maximum atomic E-state index is 11.1. The molecule has 0 radical (unpaired) electrons. The second-order valence-corrected chi connectivity index (χ2v) is 5.09. The van der Waals surface area contributed by atoms with Gasteiger partial charge >= 0.3 is 0 Å². The fraction of sp³-hybridized carbons (Fsp3) is 0.438. The van der Waals surface area contributed by atoms with Gasteiger partial charge in [0.15, 0.2) is 5.75 Å². The number of aromatic nitrogens is 2. The van der Waals surface area contributed by atoms with E-state index >= 15 is 0 Å². The van der Waals surface area contributed by atoms with Gasteiger partial charge in [-0.3, -0.25) is 4.68 Å². The summed E-state index contributed by atoms with van der Waals surface area (Å²) in [7, 11) is 3.19. The molecule has 1 aromatic heterocycles. The van der Waals surface area contributed by atoms with Crippen LogP contribution in [0.15, 0.2) is 30.5 Å². The Balaban J connectivity index is 2.53. The van der Waals surface area contributed by atoms with Crippen LogP contribution >= 0.6 is 0 Å². The highest BCUT2D eigenvalue weighted by Crippen LogP contribution is 2.36. The van der Waals surface area contributed by atoms with E-state index in [1.807, 2.05) is 24.3 Å². The summed E-state index contributed by atoms with van der Waals surface area (Å²) in [4.78, 5) is 0. The van der Waals surface area contributed by atoms with Crippen molar-refractivity contribution in [2.45, 2.75) is 32.4 Å². The van der Waals surface area contributed by atoms with Crippen molar-refractivity contribution in [3.8, 4) is 11.5 Å². The van der Waals surface area contributed by atoms with Crippen molar-refractivity contribution in [2.75, 3.05) is 14.2 Å². The first-order valence-electron chi connectivity index (χ1n) is 7.01. The van der Waals surface area contributed by atoms with Gasteiger partial charge < -0.3 is 14.6 Å². The molecule has 0 amide bonds. The van der Waals surface area contributed by atoms with Gasteiger partial charge in [-0.1, -0.05) is 19.1 Å². The molecule has 1 aromatic carbocycles. The Morgan fingerprint density at radius 1 is 1.29 bits per heavy atom. The maximum absolute atomic E-state index is 11.1. The SMILES string of the molecule is CCCn1ncc(OC)c1C(C)(O)c1cccc(OC)c1. The van der Waals surface area contributed by atoms with Crippen LogP contribution in [0.4, 0.5) is 0 Å². The average Bonchev–Trinajstić information content (AvgIpc) is 2.91. The smallest absolute Gasteiger partial charge is 0.163 e. The van der Waals surface area contributed by atoms with E-state index in [4.69, 9.17) is 9.47 Å². The number of hydrogen-bond donors (Lipinski definition) is 1. The van der Waals surface area contributed by atoms with Gasteiger partial charge in [0.1, 0.15) is 17.0 Å². The molecule has 0 aliphatic carbocycles. The number of methoxy groups -OCH3 is 2. The summed E-state index contributed by atoms with van der Waals surface area (Å²) in [5.74, 6) is 1.28. The number of benzene rings is 1. The highest BCUT2D eigenvalue weighted by molar-refractivity contribution is 5.42. The zero-order chi connectivity index (χ0) is 15.5. The molecular formula is C16H22N2O3. The van der Waals surface area contributed by atoms with Crippen molar-refractivity contribution >= 4 is 0 Å². The molecule has 1 N–H and O–H groups in total. The molecule has 2 aromatic rings. The summed E-state index contributed by atoms with van der Waals surface area (Å²) < 4.78 is 12.4. The van der Waals surface area contributed by atoms with Crippen LogP contribution in [-0.4, -0.2) is 29.1 Å². The molecule has 5 nitrogen and oxygen atoms in total. The second kappa shape index (κ2) is 6.18. The summed E-state index contributed by atoms with van der Waals surface area (Å²) >= 11 is 0. The lowest BCUT2D eigenvalue weighted by Crippen LogP contribution is -2.27. The van der Waals surface area contributed by atoms with E-state index in [0.29, 0.717) is 17.2 Å². The van der Waals surface area contributed by atoms with E-state index in [1.54, 1.807) is 32.0 Å². The van der Waals surface area contributed by atoms with Gasteiger partial charge in [-0.25, -0.2) is 0 Å². The molecule has 0 aliphatic heterocycles. The lowest BCUT2D eigenvalue weighted by molar-refractivity contribution is 0.0879. The molecule has 1 unspecified atom stereocenters.